The predicted molar refractivity (Wildman–Crippen MR) is 82.8 cm³/mol. The average molecular weight is 284 g/mol. The first-order valence-electron chi connectivity index (χ1n) is 7.95. The number of likely N-dealkylation sites (tertiary alicyclic amines) is 1. The number of nitrogens with one attached hydrogen (secondary N) is 1. The molecule has 0 bridgehead atoms. The third kappa shape index (κ3) is 4.45. The minimum Gasteiger partial charge on any atom is -0.468 e. The standard InChI is InChI=1S/C16H32N2O2/c1-6-15(3)8-11-18(12-9-15)13-10-16(4,17-7-2)14(19)20-5/h17H,6-13H2,1-5H3. The summed E-state index contributed by atoms with van der Waals surface area (Å²) in [5.41, 5.74) is -0.0428. The highest BCUT2D eigenvalue weighted by Crippen LogP contribution is 2.34. The first-order chi connectivity index (χ1) is 9.39. The lowest BCUT2D eigenvalue weighted by molar-refractivity contribution is -0.148. The molecule has 1 N–H and O–H groups in total. The highest BCUT2D eigenvalue weighted by atomic mass is 16.5. The summed E-state index contributed by atoms with van der Waals surface area (Å²) in [6.45, 7) is 12.7. The molecule has 1 atom stereocenters. The maximum Gasteiger partial charge on any atom is 0.325 e. The maximum absolute atomic E-state index is 11.9. The van der Waals surface area contributed by atoms with E-state index in [0.29, 0.717) is 5.41 Å². The Morgan fingerprint density at radius 3 is 2.40 bits per heavy atom. The molecule has 0 aromatic rings. The fourth-order valence-corrected chi connectivity index (χ4v) is 2.93. The molecule has 0 aromatic heterocycles. The van der Waals surface area contributed by atoms with Gasteiger partial charge < -0.3 is 15.0 Å². The van der Waals surface area contributed by atoms with Crippen LogP contribution >= 0.6 is 0 Å². The van der Waals surface area contributed by atoms with E-state index in [1.807, 2.05) is 13.8 Å². The molecule has 118 valence electrons. The maximum atomic E-state index is 11.9. The van der Waals surface area contributed by atoms with E-state index in [1.165, 1.54) is 26.4 Å². The summed E-state index contributed by atoms with van der Waals surface area (Å²) in [7, 11) is 1.46. The van der Waals surface area contributed by atoms with E-state index in [-0.39, 0.29) is 5.97 Å². The van der Waals surface area contributed by atoms with E-state index in [4.69, 9.17) is 4.74 Å². The van der Waals surface area contributed by atoms with Crippen LogP contribution in [0.1, 0.15) is 53.4 Å². The molecule has 0 amide bonds. The van der Waals surface area contributed by atoms with Gasteiger partial charge in [0.15, 0.2) is 0 Å². The van der Waals surface area contributed by atoms with Crippen LogP contribution in [0.3, 0.4) is 0 Å². The molecule has 1 rings (SSSR count). The van der Waals surface area contributed by atoms with Crippen LogP contribution in [-0.2, 0) is 9.53 Å². The first kappa shape index (κ1) is 17.4. The molecule has 1 unspecified atom stereocenters. The van der Waals surface area contributed by atoms with Crippen LogP contribution in [0.25, 0.3) is 0 Å². The van der Waals surface area contributed by atoms with Crippen LogP contribution < -0.4 is 5.32 Å². The summed E-state index contributed by atoms with van der Waals surface area (Å²) >= 11 is 0. The van der Waals surface area contributed by atoms with Gasteiger partial charge in [0.1, 0.15) is 5.54 Å². The number of hydrogen-bond acceptors (Lipinski definition) is 4. The second kappa shape index (κ2) is 7.41. The molecule has 20 heavy (non-hydrogen) atoms. The molecule has 1 aliphatic heterocycles. The fourth-order valence-electron chi connectivity index (χ4n) is 2.93. The fraction of sp³-hybridized carbons (Fsp3) is 0.938. The van der Waals surface area contributed by atoms with E-state index >= 15 is 0 Å². The number of rotatable bonds is 7. The Hall–Kier alpha value is -0.610. The van der Waals surface area contributed by atoms with Gasteiger partial charge in [-0.1, -0.05) is 27.2 Å². The Bertz CT molecular complexity index is 312. The molecule has 0 spiro atoms. The van der Waals surface area contributed by atoms with E-state index in [9.17, 15) is 4.79 Å². The van der Waals surface area contributed by atoms with Gasteiger partial charge in [-0.05, 0) is 51.2 Å². The number of ether oxygens (including phenoxy) is 1. The van der Waals surface area contributed by atoms with E-state index < -0.39 is 5.54 Å². The van der Waals surface area contributed by atoms with Gasteiger partial charge in [-0.2, -0.15) is 0 Å². The summed E-state index contributed by atoms with van der Waals surface area (Å²) in [6.07, 6.45) is 4.59. The molecule has 0 aromatic carbocycles. The van der Waals surface area contributed by atoms with Gasteiger partial charge in [-0.15, -0.1) is 0 Å². The Morgan fingerprint density at radius 1 is 1.35 bits per heavy atom. The lowest BCUT2D eigenvalue weighted by Gasteiger charge is -2.40. The third-order valence-electron chi connectivity index (χ3n) is 5.05. The van der Waals surface area contributed by atoms with Crippen LogP contribution in [0.15, 0.2) is 0 Å². The molecule has 0 saturated carbocycles. The number of nitrogens with zero attached hydrogens (tertiary/aromatic N) is 1. The molecular weight excluding hydrogens is 252 g/mol. The minimum atomic E-state index is -0.561. The van der Waals surface area contributed by atoms with Crippen molar-refractivity contribution in [1.29, 1.82) is 0 Å². The van der Waals surface area contributed by atoms with Crippen molar-refractivity contribution in [2.24, 2.45) is 5.41 Å². The molecular formula is C16H32N2O2. The van der Waals surface area contributed by atoms with Gasteiger partial charge in [0.2, 0.25) is 0 Å². The molecule has 0 radical (unpaired) electrons. The van der Waals surface area contributed by atoms with Crippen molar-refractivity contribution in [3.63, 3.8) is 0 Å². The van der Waals surface area contributed by atoms with Crippen molar-refractivity contribution in [3.8, 4) is 0 Å². The lowest BCUT2D eigenvalue weighted by Crippen LogP contribution is -2.52. The Labute approximate surface area is 124 Å². The quantitative estimate of drug-likeness (QED) is 0.729. The van der Waals surface area contributed by atoms with Gasteiger partial charge in [0.05, 0.1) is 7.11 Å². The molecule has 0 aliphatic carbocycles. The number of likely N-dealkylation sites (N-methyl/N-ethyl adjacent to an activating group) is 1. The Kier molecular flexibility index (Phi) is 6.46. The zero-order valence-corrected chi connectivity index (χ0v) is 13.9. The van der Waals surface area contributed by atoms with E-state index in [0.717, 1.165) is 32.6 Å². The summed E-state index contributed by atoms with van der Waals surface area (Å²) in [5, 5.41) is 3.28. The van der Waals surface area contributed by atoms with Crippen molar-refractivity contribution in [1.82, 2.24) is 10.2 Å². The molecule has 4 nitrogen and oxygen atoms in total. The zero-order valence-electron chi connectivity index (χ0n) is 13.9. The predicted octanol–water partition coefficient (Wildman–Crippen LogP) is 2.43. The molecule has 1 aliphatic rings. The first-order valence-corrected chi connectivity index (χ1v) is 7.95. The van der Waals surface area contributed by atoms with Gasteiger partial charge >= 0.3 is 5.97 Å². The molecule has 1 heterocycles. The monoisotopic (exact) mass is 284 g/mol. The highest BCUT2D eigenvalue weighted by molar-refractivity contribution is 5.80. The van der Waals surface area contributed by atoms with E-state index in [2.05, 4.69) is 24.1 Å². The second-order valence-corrected chi connectivity index (χ2v) is 6.61. The Morgan fingerprint density at radius 2 is 1.95 bits per heavy atom. The molecule has 1 fully saturated rings. The molecule has 4 heteroatoms. The normalized spacial score (nSPS) is 22.2. The van der Waals surface area contributed by atoms with Gasteiger partial charge in [0, 0.05) is 6.54 Å². The molecule has 1 saturated heterocycles. The third-order valence-corrected chi connectivity index (χ3v) is 5.05. The zero-order chi connectivity index (χ0) is 15.2. The van der Waals surface area contributed by atoms with Crippen molar-refractivity contribution in [3.05, 3.63) is 0 Å². The SMILES string of the molecule is CCNC(C)(CCN1CCC(C)(CC)CC1)C(=O)OC. The van der Waals surface area contributed by atoms with Crippen LogP contribution in [0.5, 0.6) is 0 Å². The van der Waals surface area contributed by atoms with Gasteiger partial charge in [0.25, 0.3) is 0 Å². The summed E-state index contributed by atoms with van der Waals surface area (Å²) in [5.74, 6) is -0.158. The van der Waals surface area contributed by atoms with Crippen molar-refractivity contribution >= 4 is 5.97 Å². The van der Waals surface area contributed by atoms with Crippen molar-refractivity contribution in [2.75, 3.05) is 33.3 Å². The largest absolute Gasteiger partial charge is 0.468 e. The number of piperidine rings is 1. The topological polar surface area (TPSA) is 41.6 Å². The van der Waals surface area contributed by atoms with Crippen LogP contribution in [0.4, 0.5) is 0 Å². The summed E-state index contributed by atoms with van der Waals surface area (Å²) in [6, 6.07) is 0. The van der Waals surface area contributed by atoms with Crippen molar-refractivity contribution < 1.29 is 9.53 Å². The smallest absolute Gasteiger partial charge is 0.325 e. The van der Waals surface area contributed by atoms with Crippen molar-refractivity contribution in [2.45, 2.75) is 58.9 Å². The average Bonchev–Trinajstić information content (AvgIpc) is 2.46. The number of methoxy groups -OCH3 is 1. The number of carbonyl (C=O) groups is 1. The van der Waals surface area contributed by atoms with E-state index in [1.54, 1.807) is 0 Å². The van der Waals surface area contributed by atoms with Gasteiger partial charge in [-0.3, -0.25) is 4.79 Å². The number of carbonyl (C=O) groups excluding carboxylic acids is 1. The second-order valence-electron chi connectivity index (χ2n) is 6.61. The Balaban J connectivity index is 2.47. The number of hydrogen-bond donors (Lipinski definition) is 1. The van der Waals surface area contributed by atoms with Crippen LogP contribution in [0.2, 0.25) is 0 Å². The minimum absolute atomic E-state index is 0.158. The van der Waals surface area contributed by atoms with Crippen LogP contribution in [-0.4, -0.2) is 49.7 Å². The lowest BCUT2D eigenvalue weighted by atomic mass is 9.78. The summed E-state index contributed by atoms with van der Waals surface area (Å²) < 4.78 is 4.94. The highest BCUT2D eigenvalue weighted by Gasteiger charge is 2.35. The van der Waals surface area contributed by atoms with Crippen LogP contribution in [0, 0.1) is 5.41 Å². The number of esters is 1. The summed E-state index contributed by atoms with van der Waals surface area (Å²) in [4.78, 5) is 14.4. The van der Waals surface area contributed by atoms with Gasteiger partial charge in [-0.25, -0.2) is 0 Å².